The van der Waals surface area contributed by atoms with Crippen LogP contribution in [0.25, 0.3) is 0 Å². The third-order valence-electron chi connectivity index (χ3n) is 3.73. The molecule has 0 aliphatic rings. The lowest BCUT2D eigenvalue weighted by molar-refractivity contribution is -0.137. The summed E-state index contributed by atoms with van der Waals surface area (Å²) < 4.78 is 43.3. The topological polar surface area (TPSA) is 76.1 Å². The highest BCUT2D eigenvalue weighted by atomic mass is 35.5. The fourth-order valence-electron chi connectivity index (χ4n) is 2.30. The lowest BCUT2D eigenvalue weighted by Crippen LogP contribution is -2.34. The Morgan fingerprint density at radius 2 is 1.83 bits per heavy atom. The van der Waals surface area contributed by atoms with Crippen LogP contribution >= 0.6 is 11.6 Å². The van der Waals surface area contributed by atoms with E-state index in [0.29, 0.717) is 18.4 Å². The molecule has 6 nitrogen and oxygen atoms in total. The van der Waals surface area contributed by atoms with Crippen molar-refractivity contribution in [2.75, 3.05) is 11.9 Å². The van der Waals surface area contributed by atoms with E-state index in [1.807, 2.05) is 19.1 Å². The molecule has 10 heteroatoms. The number of ether oxygens (including phenoxy) is 1. The van der Waals surface area contributed by atoms with E-state index >= 15 is 0 Å². The molecule has 1 aromatic carbocycles. The number of hydrogen-bond acceptors (Lipinski definition) is 5. The molecule has 1 atom stereocenters. The van der Waals surface area contributed by atoms with E-state index in [0.717, 1.165) is 5.56 Å². The number of benzene rings is 1. The van der Waals surface area contributed by atoms with E-state index in [9.17, 15) is 18.0 Å². The molecule has 0 spiro atoms. The number of nitrogens with zero attached hydrogens (tertiary/aromatic N) is 2. The number of rotatable bonds is 5. The first-order chi connectivity index (χ1) is 13.3. The third kappa shape index (κ3) is 7.08. The van der Waals surface area contributed by atoms with E-state index in [4.69, 9.17) is 16.3 Å². The van der Waals surface area contributed by atoms with Gasteiger partial charge in [-0.3, -0.25) is 0 Å². The van der Waals surface area contributed by atoms with Gasteiger partial charge in [-0.2, -0.15) is 13.2 Å². The summed E-state index contributed by atoms with van der Waals surface area (Å²) in [6, 6.07) is 7.12. The summed E-state index contributed by atoms with van der Waals surface area (Å²) in [5.74, 6) is -0.0243. The molecule has 0 radical (unpaired) electrons. The molecule has 1 aromatic heterocycles. The Labute approximate surface area is 171 Å². The Bertz CT molecular complexity index is 852. The first-order valence-electron chi connectivity index (χ1n) is 8.79. The van der Waals surface area contributed by atoms with Gasteiger partial charge >= 0.3 is 12.3 Å². The number of nitrogens with one attached hydrogen (secondary N) is 2. The Balaban J connectivity index is 1.96. The second kappa shape index (κ2) is 8.86. The molecule has 2 N–H and O–H groups in total. The van der Waals surface area contributed by atoms with Crippen LogP contribution in [0.1, 0.15) is 44.7 Å². The predicted octanol–water partition coefficient (Wildman–Crippen LogP) is 5.52. The van der Waals surface area contributed by atoms with Gasteiger partial charge in [0.05, 0.1) is 0 Å². The van der Waals surface area contributed by atoms with Crippen molar-refractivity contribution in [3.8, 4) is 0 Å². The SMILES string of the molecule is CC(CNC(=O)OC(C)(C)C)c1ccc(Nc2ncc(C(F)(F)F)c(Cl)n2)cc1. The van der Waals surface area contributed by atoms with Gasteiger partial charge in [0, 0.05) is 18.4 Å². The molecule has 0 saturated carbocycles. The average Bonchev–Trinajstić information content (AvgIpc) is 2.58. The Morgan fingerprint density at radius 3 is 2.34 bits per heavy atom. The minimum absolute atomic E-state index is 0.0216. The van der Waals surface area contributed by atoms with Gasteiger partial charge in [-0.1, -0.05) is 30.7 Å². The van der Waals surface area contributed by atoms with E-state index in [-0.39, 0.29) is 11.9 Å². The van der Waals surface area contributed by atoms with Crippen LogP contribution in [0.15, 0.2) is 30.5 Å². The number of aromatic nitrogens is 2. The minimum Gasteiger partial charge on any atom is -0.444 e. The van der Waals surface area contributed by atoms with Gasteiger partial charge in [0.15, 0.2) is 0 Å². The van der Waals surface area contributed by atoms with Crippen LogP contribution < -0.4 is 10.6 Å². The van der Waals surface area contributed by atoms with Gasteiger partial charge in [0.2, 0.25) is 5.95 Å². The van der Waals surface area contributed by atoms with Crippen molar-refractivity contribution in [2.45, 2.75) is 45.4 Å². The zero-order valence-corrected chi connectivity index (χ0v) is 17.1. The van der Waals surface area contributed by atoms with Crippen molar-refractivity contribution < 1.29 is 22.7 Å². The molecule has 158 valence electrons. The number of anilines is 2. The summed E-state index contributed by atoms with van der Waals surface area (Å²) in [6.45, 7) is 7.69. The largest absolute Gasteiger partial charge is 0.444 e. The zero-order valence-electron chi connectivity index (χ0n) is 16.4. The van der Waals surface area contributed by atoms with E-state index < -0.39 is 28.6 Å². The number of halogens is 4. The molecular weight excluding hydrogens is 409 g/mol. The summed E-state index contributed by atoms with van der Waals surface area (Å²) in [5.41, 5.74) is -0.120. The van der Waals surface area contributed by atoms with Crippen LogP contribution in [0.2, 0.25) is 5.15 Å². The third-order valence-corrected chi connectivity index (χ3v) is 4.02. The van der Waals surface area contributed by atoms with Crippen LogP contribution in [0, 0.1) is 0 Å². The molecule has 0 bridgehead atoms. The molecule has 1 amide bonds. The van der Waals surface area contributed by atoms with Gasteiger partial charge < -0.3 is 15.4 Å². The highest BCUT2D eigenvalue weighted by molar-refractivity contribution is 6.30. The van der Waals surface area contributed by atoms with Crippen molar-refractivity contribution in [1.29, 1.82) is 0 Å². The number of carbonyl (C=O) groups excluding carboxylic acids is 1. The number of hydrogen-bond donors (Lipinski definition) is 2. The molecule has 29 heavy (non-hydrogen) atoms. The Morgan fingerprint density at radius 1 is 1.21 bits per heavy atom. The first kappa shape index (κ1) is 22.7. The first-order valence-corrected chi connectivity index (χ1v) is 9.16. The minimum atomic E-state index is -4.61. The molecule has 0 fully saturated rings. The molecular formula is C19H22ClF3N4O2. The van der Waals surface area contributed by atoms with Crippen LogP contribution in [-0.4, -0.2) is 28.2 Å². The van der Waals surface area contributed by atoms with Crippen molar-refractivity contribution in [3.05, 3.63) is 46.7 Å². The van der Waals surface area contributed by atoms with Crippen molar-refractivity contribution in [2.24, 2.45) is 0 Å². The van der Waals surface area contributed by atoms with Gasteiger partial charge in [0.25, 0.3) is 0 Å². The van der Waals surface area contributed by atoms with E-state index in [1.165, 1.54) is 0 Å². The monoisotopic (exact) mass is 430 g/mol. The second-order valence-electron chi connectivity index (χ2n) is 7.43. The average molecular weight is 431 g/mol. The van der Waals surface area contributed by atoms with Crippen LogP contribution in [0.5, 0.6) is 0 Å². The fourth-order valence-corrected chi connectivity index (χ4v) is 2.54. The highest BCUT2D eigenvalue weighted by Crippen LogP contribution is 2.33. The molecule has 2 rings (SSSR count). The normalized spacial score (nSPS) is 13.0. The van der Waals surface area contributed by atoms with Gasteiger partial charge in [-0.25, -0.2) is 14.8 Å². The molecule has 0 aliphatic carbocycles. The second-order valence-corrected chi connectivity index (χ2v) is 7.78. The number of amides is 1. The fraction of sp³-hybridized carbons (Fsp3) is 0.421. The molecule has 1 heterocycles. The predicted molar refractivity (Wildman–Crippen MR) is 104 cm³/mol. The lowest BCUT2D eigenvalue weighted by Gasteiger charge is -2.21. The molecule has 0 aliphatic heterocycles. The van der Waals surface area contributed by atoms with Crippen molar-refractivity contribution >= 4 is 29.3 Å². The maximum atomic E-state index is 12.7. The standard InChI is InChI=1S/C19H22ClF3N4O2/c1-11(9-25-17(28)29-18(2,3)4)12-5-7-13(8-6-12)26-16-24-10-14(15(20)27-16)19(21,22)23/h5-8,10-11H,9H2,1-4H3,(H,25,28)(H,24,26,27). The molecule has 1 unspecified atom stereocenters. The maximum Gasteiger partial charge on any atom is 0.420 e. The zero-order chi connectivity index (χ0) is 21.8. The smallest absolute Gasteiger partial charge is 0.420 e. The molecule has 0 saturated heterocycles. The Kier molecular flexibility index (Phi) is 6.94. The maximum absolute atomic E-state index is 12.7. The van der Waals surface area contributed by atoms with E-state index in [2.05, 4.69) is 20.6 Å². The van der Waals surface area contributed by atoms with Gasteiger partial charge in [-0.15, -0.1) is 0 Å². The summed E-state index contributed by atoms with van der Waals surface area (Å²) in [5, 5.41) is 4.84. The number of alkyl halides is 3. The Hall–Kier alpha value is -2.55. The summed E-state index contributed by atoms with van der Waals surface area (Å²) >= 11 is 5.59. The summed E-state index contributed by atoms with van der Waals surface area (Å²) in [4.78, 5) is 19.0. The highest BCUT2D eigenvalue weighted by Gasteiger charge is 2.34. The number of alkyl carbamates (subject to hydrolysis) is 1. The van der Waals surface area contributed by atoms with Crippen LogP contribution in [-0.2, 0) is 10.9 Å². The quantitative estimate of drug-likeness (QED) is 0.611. The van der Waals surface area contributed by atoms with Gasteiger partial charge in [0.1, 0.15) is 16.3 Å². The summed E-state index contributed by atoms with van der Waals surface area (Å²) in [7, 11) is 0. The van der Waals surface area contributed by atoms with E-state index in [1.54, 1.807) is 32.9 Å². The van der Waals surface area contributed by atoms with Crippen LogP contribution in [0.4, 0.5) is 29.6 Å². The number of carbonyl (C=O) groups is 1. The summed E-state index contributed by atoms with van der Waals surface area (Å²) in [6.07, 6.45) is -4.46. The molecule has 2 aromatic rings. The van der Waals surface area contributed by atoms with Crippen molar-refractivity contribution in [1.82, 2.24) is 15.3 Å². The van der Waals surface area contributed by atoms with Gasteiger partial charge in [-0.05, 0) is 44.4 Å². The lowest BCUT2D eigenvalue weighted by atomic mass is 10.0. The van der Waals surface area contributed by atoms with Crippen LogP contribution in [0.3, 0.4) is 0 Å². The van der Waals surface area contributed by atoms with Crippen molar-refractivity contribution in [3.63, 3.8) is 0 Å².